The first kappa shape index (κ1) is 11.5. The predicted octanol–water partition coefficient (Wildman–Crippen LogP) is 3.73. The van der Waals surface area contributed by atoms with E-state index in [9.17, 15) is 5.11 Å². The van der Waals surface area contributed by atoms with E-state index in [1.807, 2.05) is 25.1 Å². The predicted molar refractivity (Wildman–Crippen MR) is 60.6 cm³/mol. The van der Waals surface area contributed by atoms with Crippen LogP contribution < -0.4 is 0 Å². The molecular formula is C12H17ClO. The standard InChI is InChI=1S/C12H17ClO/c1-8(2)6-12(14)11-5-4-10(13)7-9(11)3/h4-5,7-8,12,14H,6H2,1-3H3. The molecule has 0 saturated heterocycles. The summed E-state index contributed by atoms with van der Waals surface area (Å²) in [5, 5.41) is 10.6. The summed E-state index contributed by atoms with van der Waals surface area (Å²) in [7, 11) is 0. The van der Waals surface area contributed by atoms with Gasteiger partial charge in [-0.05, 0) is 42.5 Å². The van der Waals surface area contributed by atoms with Gasteiger partial charge in [0, 0.05) is 5.02 Å². The highest BCUT2D eigenvalue weighted by molar-refractivity contribution is 6.30. The Labute approximate surface area is 90.7 Å². The normalized spacial score (nSPS) is 13.3. The number of hydrogen-bond donors (Lipinski definition) is 1. The molecule has 0 spiro atoms. The largest absolute Gasteiger partial charge is 0.388 e. The summed E-state index contributed by atoms with van der Waals surface area (Å²) in [6.45, 7) is 6.19. The molecule has 1 aromatic rings. The van der Waals surface area contributed by atoms with Gasteiger partial charge in [0.2, 0.25) is 0 Å². The quantitative estimate of drug-likeness (QED) is 0.810. The molecule has 0 aromatic heterocycles. The number of benzene rings is 1. The van der Waals surface area contributed by atoms with E-state index >= 15 is 0 Å². The van der Waals surface area contributed by atoms with E-state index in [0.717, 1.165) is 22.6 Å². The van der Waals surface area contributed by atoms with Crippen LogP contribution in [0, 0.1) is 12.8 Å². The van der Waals surface area contributed by atoms with E-state index in [1.54, 1.807) is 0 Å². The lowest BCUT2D eigenvalue weighted by Gasteiger charge is -2.15. The van der Waals surface area contributed by atoms with E-state index in [-0.39, 0.29) is 6.10 Å². The van der Waals surface area contributed by atoms with Crippen molar-refractivity contribution in [1.29, 1.82) is 0 Å². The number of aryl methyl sites for hydroxylation is 1. The topological polar surface area (TPSA) is 20.2 Å². The number of hydrogen-bond acceptors (Lipinski definition) is 1. The minimum Gasteiger partial charge on any atom is -0.388 e. The minimum atomic E-state index is -0.368. The van der Waals surface area contributed by atoms with Crippen molar-refractivity contribution in [2.45, 2.75) is 33.3 Å². The lowest BCUT2D eigenvalue weighted by molar-refractivity contribution is 0.150. The monoisotopic (exact) mass is 212 g/mol. The Balaban J connectivity index is 2.84. The average Bonchev–Trinajstić information content (AvgIpc) is 2.01. The molecule has 1 unspecified atom stereocenters. The summed E-state index contributed by atoms with van der Waals surface area (Å²) < 4.78 is 0. The molecule has 0 aliphatic carbocycles. The van der Waals surface area contributed by atoms with Gasteiger partial charge in [0.15, 0.2) is 0 Å². The Kier molecular flexibility index (Phi) is 3.97. The molecular weight excluding hydrogens is 196 g/mol. The summed E-state index contributed by atoms with van der Waals surface area (Å²) in [6.07, 6.45) is 0.426. The highest BCUT2D eigenvalue weighted by Crippen LogP contribution is 2.25. The summed E-state index contributed by atoms with van der Waals surface area (Å²) in [4.78, 5) is 0. The first-order chi connectivity index (χ1) is 6.50. The molecule has 1 N–H and O–H groups in total. The number of aliphatic hydroxyl groups is 1. The molecule has 0 saturated carbocycles. The van der Waals surface area contributed by atoms with Crippen molar-refractivity contribution in [2.24, 2.45) is 5.92 Å². The van der Waals surface area contributed by atoms with Gasteiger partial charge in [0.1, 0.15) is 0 Å². The van der Waals surface area contributed by atoms with E-state index in [4.69, 9.17) is 11.6 Å². The third-order valence-corrected chi connectivity index (χ3v) is 2.52. The summed E-state index contributed by atoms with van der Waals surface area (Å²) in [6, 6.07) is 5.62. The van der Waals surface area contributed by atoms with Gasteiger partial charge in [-0.15, -0.1) is 0 Å². The van der Waals surface area contributed by atoms with E-state index in [0.29, 0.717) is 5.92 Å². The molecule has 1 aromatic carbocycles. The highest BCUT2D eigenvalue weighted by Gasteiger charge is 2.11. The van der Waals surface area contributed by atoms with Gasteiger partial charge in [-0.3, -0.25) is 0 Å². The van der Waals surface area contributed by atoms with Crippen molar-refractivity contribution in [3.8, 4) is 0 Å². The Morgan fingerprint density at radius 2 is 2.00 bits per heavy atom. The summed E-state index contributed by atoms with van der Waals surface area (Å²) >= 11 is 5.85. The van der Waals surface area contributed by atoms with Crippen molar-refractivity contribution >= 4 is 11.6 Å². The van der Waals surface area contributed by atoms with Crippen molar-refractivity contribution in [3.05, 3.63) is 34.3 Å². The van der Waals surface area contributed by atoms with Crippen molar-refractivity contribution < 1.29 is 5.11 Å². The van der Waals surface area contributed by atoms with Crippen LogP contribution >= 0.6 is 11.6 Å². The second-order valence-electron chi connectivity index (χ2n) is 4.15. The number of rotatable bonds is 3. The molecule has 14 heavy (non-hydrogen) atoms. The van der Waals surface area contributed by atoms with Crippen LogP contribution in [-0.4, -0.2) is 5.11 Å². The lowest BCUT2D eigenvalue weighted by atomic mass is 9.96. The zero-order chi connectivity index (χ0) is 10.7. The fourth-order valence-electron chi connectivity index (χ4n) is 1.59. The summed E-state index contributed by atoms with van der Waals surface area (Å²) in [5.74, 6) is 0.500. The van der Waals surface area contributed by atoms with Gasteiger partial charge in [-0.2, -0.15) is 0 Å². The Morgan fingerprint density at radius 3 is 2.50 bits per heavy atom. The third kappa shape index (κ3) is 3.00. The van der Waals surface area contributed by atoms with Crippen molar-refractivity contribution in [1.82, 2.24) is 0 Å². The summed E-state index contributed by atoms with van der Waals surface area (Å²) in [5.41, 5.74) is 2.05. The third-order valence-electron chi connectivity index (χ3n) is 2.29. The number of halogens is 1. The smallest absolute Gasteiger partial charge is 0.0795 e. The maximum atomic E-state index is 9.92. The van der Waals surface area contributed by atoms with E-state index in [1.165, 1.54) is 0 Å². The van der Waals surface area contributed by atoms with Gasteiger partial charge in [-0.25, -0.2) is 0 Å². The van der Waals surface area contributed by atoms with Crippen LogP contribution in [0.15, 0.2) is 18.2 Å². The molecule has 0 bridgehead atoms. The van der Waals surface area contributed by atoms with Crippen LogP contribution in [0.3, 0.4) is 0 Å². The SMILES string of the molecule is Cc1cc(Cl)ccc1C(O)CC(C)C. The molecule has 0 aliphatic heterocycles. The Hall–Kier alpha value is -0.530. The van der Waals surface area contributed by atoms with Crippen LogP contribution in [0.1, 0.15) is 37.5 Å². The molecule has 2 heteroatoms. The van der Waals surface area contributed by atoms with Crippen molar-refractivity contribution in [2.75, 3.05) is 0 Å². The average molecular weight is 213 g/mol. The first-order valence-corrected chi connectivity index (χ1v) is 5.32. The van der Waals surface area contributed by atoms with Gasteiger partial charge in [0.05, 0.1) is 6.10 Å². The van der Waals surface area contributed by atoms with Crippen LogP contribution in [0.5, 0.6) is 0 Å². The first-order valence-electron chi connectivity index (χ1n) is 4.95. The zero-order valence-corrected chi connectivity index (χ0v) is 9.67. The Morgan fingerprint density at radius 1 is 1.36 bits per heavy atom. The fraction of sp³-hybridized carbons (Fsp3) is 0.500. The van der Waals surface area contributed by atoms with Crippen LogP contribution in [0.4, 0.5) is 0 Å². The highest BCUT2D eigenvalue weighted by atomic mass is 35.5. The second-order valence-corrected chi connectivity index (χ2v) is 4.58. The Bertz CT molecular complexity index is 307. The van der Waals surface area contributed by atoms with Crippen LogP contribution in [0.25, 0.3) is 0 Å². The van der Waals surface area contributed by atoms with Crippen LogP contribution in [0.2, 0.25) is 5.02 Å². The van der Waals surface area contributed by atoms with Gasteiger partial charge < -0.3 is 5.11 Å². The number of aliphatic hydroxyl groups excluding tert-OH is 1. The minimum absolute atomic E-state index is 0.368. The molecule has 0 radical (unpaired) electrons. The maximum absolute atomic E-state index is 9.92. The molecule has 1 atom stereocenters. The molecule has 1 nitrogen and oxygen atoms in total. The molecule has 0 amide bonds. The molecule has 0 fully saturated rings. The zero-order valence-electron chi connectivity index (χ0n) is 8.92. The van der Waals surface area contributed by atoms with Gasteiger partial charge in [-0.1, -0.05) is 31.5 Å². The van der Waals surface area contributed by atoms with Gasteiger partial charge in [0.25, 0.3) is 0 Å². The van der Waals surface area contributed by atoms with Gasteiger partial charge >= 0.3 is 0 Å². The van der Waals surface area contributed by atoms with E-state index in [2.05, 4.69) is 13.8 Å². The molecule has 1 rings (SSSR count). The second kappa shape index (κ2) is 4.81. The lowest BCUT2D eigenvalue weighted by Crippen LogP contribution is -2.03. The maximum Gasteiger partial charge on any atom is 0.0795 e. The molecule has 78 valence electrons. The van der Waals surface area contributed by atoms with Crippen molar-refractivity contribution in [3.63, 3.8) is 0 Å². The molecule has 0 heterocycles. The fourth-order valence-corrected chi connectivity index (χ4v) is 1.81. The van der Waals surface area contributed by atoms with Crippen LogP contribution in [-0.2, 0) is 0 Å². The van der Waals surface area contributed by atoms with E-state index < -0.39 is 0 Å². The molecule has 0 aliphatic rings.